The van der Waals surface area contributed by atoms with E-state index in [9.17, 15) is 4.57 Å². The molecule has 0 unspecified atom stereocenters. The monoisotopic (exact) mass is 452 g/mol. The fourth-order valence-electron chi connectivity index (χ4n) is 3.20. The summed E-state index contributed by atoms with van der Waals surface area (Å²) in [4.78, 5) is 0. The van der Waals surface area contributed by atoms with Gasteiger partial charge in [0.2, 0.25) is 0 Å². The van der Waals surface area contributed by atoms with Gasteiger partial charge in [-0.25, -0.2) is 0 Å². The van der Waals surface area contributed by atoms with Crippen LogP contribution in [-0.2, 0) is 4.57 Å². The lowest BCUT2D eigenvalue weighted by Crippen LogP contribution is -2.08. The summed E-state index contributed by atoms with van der Waals surface area (Å²) >= 11 is 0. The Morgan fingerprint density at radius 2 is 0.969 bits per heavy atom. The Kier molecular flexibility index (Phi) is 7.69. The van der Waals surface area contributed by atoms with Gasteiger partial charge >= 0.3 is 7.82 Å². The molecule has 0 spiro atoms. The van der Waals surface area contributed by atoms with Gasteiger partial charge in [0.1, 0.15) is 17.2 Å². The molecule has 3 aromatic carbocycles. The lowest BCUT2D eigenvalue weighted by Gasteiger charge is -2.21. The van der Waals surface area contributed by atoms with Gasteiger partial charge in [0, 0.05) is 0 Å². The van der Waals surface area contributed by atoms with Crippen molar-refractivity contribution < 1.29 is 18.1 Å². The van der Waals surface area contributed by atoms with E-state index in [4.69, 9.17) is 13.6 Å². The molecule has 0 saturated carbocycles. The molecule has 0 fully saturated rings. The van der Waals surface area contributed by atoms with Crippen LogP contribution in [0.2, 0.25) is 0 Å². The van der Waals surface area contributed by atoms with Crippen molar-refractivity contribution in [1.82, 2.24) is 0 Å². The maximum absolute atomic E-state index is 13.8. The van der Waals surface area contributed by atoms with Gasteiger partial charge < -0.3 is 13.6 Å². The van der Waals surface area contributed by atoms with E-state index in [1.165, 1.54) is 5.56 Å². The minimum absolute atomic E-state index is 0.301. The van der Waals surface area contributed by atoms with Crippen molar-refractivity contribution in [2.75, 3.05) is 0 Å². The summed E-state index contributed by atoms with van der Waals surface area (Å²) in [7, 11) is -4.02. The topological polar surface area (TPSA) is 44.8 Å². The van der Waals surface area contributed by atoms with E-state index >= 15 is 0 Å². The Morgan fingerprint density at radius 1 is 0.531 bits per heavy atom. The molecule has 3 rings (SSSR count). The van der Waals surface area contributed by atoms with Gasteiger partial charge in [0.05, 0.1) is 0 Å². The van der Waals surface area contributed by atoms with Gasteiger partial charge in [-0.15, -0.1) is 0 Å². The van der Waals surface area contributed by atoms with E-state index in [2.05, 4.69) is 47.6 Å². The van der Waals surface area contributed by atoms with Crippen molar-refractivity contribution in [1.29, 1.82) is 0 Å². The Balaban J connectivity index is 1.96. The standard InChI is InChI=1S/C27H33O4P/c1-19(2)22-12-14-26(15-13-22)30-32(28,29-25-10-8-7-9-11-25)31-27-17-23(20(3)4)16-24(18-27)21(5)6/h7-21H,1-6H3/t32-/m1/s1. The van der Waals surface area contributed by atoms with Crippen LogP contribution in [0.5, 0.6) is 17.2 Å². The van der Waals surface area contributed by atoms with Gasteiger partial charge in [-0.3, -0.25) is 0 Å². The number of phosphoric acid groups is 1. The third-order valence-corrected chi connectivity index (χ3v) is 6.53. The van der Waals surface area contributed by atoms with Gasteiger partial charge in [-0.1, -0.05) is 77.9 Å². The van der Waals surface area contributed by atoms with E-state index in [0.717, 1.165) is 11.1 Å². The van der Waals surface area contributed by atoms with E-state index in [1.807, 2.05) is 42.5 Å². The molecule has 0 N–H and O–H groups in total. The van der Waals surface area contributed by atoms with Crippen LogP contribution in [0, 0.1) is 0 Å². The molecule has 0 aliphatic heterocycles. The molecule has 0 radical (unpaired) electrons. The molecule has 0 aromatic heterocycles. The predicted molar refractivity (Wildman–Crippen MR) is 131 cm³/mol. The molecule has 32 heavy (non-hydrogen) atoms. The normalized spacial score (nSPS) is 13.3. The Hall–Kier alpha value is -2.71. The van der Waals surface area contributed by atoms with Crippen molar-refractivity contribution >= 4 is 7.82 Å². The zero-order valence-electron chi connectivity index (χ0n) is 19.7. The smallest absolute Gasteiger partial charge is 0.386 e. The van der Waals surface area contributed by atoms with Crippen LogP contribution in [0.25, 0.3) is 0 Å². The molecule has 0 aliphatic rings. The number of benzene rings is 3. The van der Waals surface area contributed by atoms with Crippen LogP contribution in [0.1, 0.15) is 76.0 Å². The Bertz CT molecular complexity index is 1030. The zero-order chi connectivity index (χ0) is 23.3. The fraction of sp³-hybridized carbons (Fsp3) is 0.333. The minimum Gasteiger partial charge on any atom is -0.386 e. The second-order valence-electron chi connectivity index (χ2n) is 8.90. The second-order valence-corrected chi connectivity index (χ2v) is 10.3. The second kappa shape index (κ2) is 10.3. The molecule has 5 heteroatoms. The van der Waals surface area contributed by atoms with Gasteiger partial charge in [-0.05, 0) is 70.8 Å². The average Bonchev–Trinajstić information content (AvgIpc) is 2.74. The summed E-state index contributed by atoms with van der Waals surface area (Å²) in [6, 6.07) is 22.4. The lowest BCUT2D eigenvalue weighted by molar-refractivity contribution is 0.298. The molecular formula is C27H33O4P. The maximum Gasteiger partial charge on any atom is 0.647 e. The first-order chi connectivity index (χ1) is 15.1. The summed E-state index contributed by atoms with van der Waals surface area (Å²) in [6.07, 6.45) is 0. The minimum atomic E-state index is -4.02. The van der Waals surface area contributed by atoms with Crippen LogP contribution in [0.4, 0.5) is 0 Å². The highest BCUT2D eigenvalue weighted by molar-refractivity contribution is 7.49. The molecule has 0 amide bonds. The highest BCUT2D eigenvalue weighted by atomic mass is 31.2. The van der Waals surface area contributed by atoms with E-state index < -0.39 is 7.82 Å². The Morgan fingerprint density at radius 3 is 1.44 bits per heavy atom. The predicted octanol–water partition coefficient (Wildman–Crippen LogP) is 8.70. The number of phosphoric ester groups is 1. The summed E-state index contributed by atoms with van der Waals surface area (Å²) in [5, 5.41) is 0. The SMILES string of the molecule is CC(C)c1ccc(O[P@@](=O)(Oc2ccccc2)Oc2cc(C(C)C)cc(C(C)C)c2)cc1. The quantitative estimate of drug-likeness (QED) is 0.305. The first-order valence-electron chi connectivity index (χ1n) is 11.1. The summed E-state index contributed by atoms with van der Waals surface area (Å²) in [5.41, 5.74) is 3.39. The van der Waals surface area contributed by atoms with Crippen LogP contribution in [0.15, 0.2) is 72.8 Å². The van der Waals surface area contributed by atoms with Gasteiger partial charge in [0.15, 0.2) is 0 Å². The summed E-state index contributed by atoms with van der Waals surface area (Å²) < 4.78 is 31.5. The molecule has 1 atom stereocenters. The highest BCUT2D eigenvalue weighted by Crippen LogP contribution is 2.50. The van der Waals surface area contributed by atoms with E-state index in [1.54, 1.807) is 24.3 Å². The number of para-hydroxylation sites is 1. The van der Waals surface area contributed by atoms with E-state index in [0.29, 0.717) is 35.0 Å². The molecule has 0 saturated heterocycles. The maximum atomic E-state index is 13.8. The van der Waals surface area contributed by atoms with Gasteiger partial charge in [0.25, 0.3) is 0 Å². The number of hydrogen-bond acceptors (Lipinski definition) is 4. The lowest BCUT2D eigenvalue weighted by atomic mass is 9.95. The molecule has 170 valence electrons. The molecule has 4 nitrogen and oxygen atoms in total. The highest BCUT2D eigenvalue weighted by Gasteiger charge is 2.33. The largest absolute Gasteiger partial charge is 0.647 e. The third kappa shape index (κ3) is 6.40. The zero-order valence-corrected chi connectivity index (χ0v) is 20.6. The molecule has 0 heterocycles. The van der Waals surface area contributed by atoms with Crippen molar-refractivity contribution in [3.05, 3.63) is 89.5 Å². The third-order valence-electron chi connectivity index (χ3n) is 5.23. The van der Waals surface area contributed by atoms with Crippen molar-refractivity contribution in [3.63, 3.8) is 0 Å². The van der Waals surface area contributed by atoms with Crippen molar-refractivity contribution in [3.8, 4) is 17.2 Å². The molecule has 0 aliphatic carbocycles. The summed E-state index contributed by atoms with van der Waals surface area (Å²) in [5.74, 6) is 2.31. The first kappa shape index (κ1) is 23.9. The fourth-order valence-corrected chi connectivity index (χ4v) is 4.44. The van der Waals surface area contributed by atoms with Gasteiger partial charge in [-0.2, -0.15) is 4.57 Å². The molecule has 3 aromatic rings. The van der Waals surface area contributed by atoms with Crippen LogP contribution < -0.4 is 13.6 Å². The Labute approximate surface area is 192 Å². The van der Waals surface area contributed by atoms with Crippen LogP contribution >= 0.6 is 7.82 Å². The van der Waals surface area contributed by atoms with Crippen molar-refractivity contribution in [2.24, 2.45) is 0 Å². The average molecular weight is 453 g/mol. The molecule has 0 bridgehead atoms. The first-order valence-corrected chi connectivity index (χ1v) is 12.6. The van der Waals surface area contributed by atoms with Crippen LogP contribution in [0.3, 0.4) is 0 Å². The van der Waals surface area contributed by atoms with Crippen LogP contribution in [-0.4, -0.2) is 0 Å². The van der Waals surface area contributed by atoms with Crippen molar-refractivity contribution in [2.45, 2.75) is 59.3 Å². The molecular weight excluding hydrogens is 419 g/mol. The number of rotatable bonds is 9. The number of hydrogen-bond donors (Lipinski definition) is 0. The summed E-state index contributed by atoms with van der Waals surface area (Å²) in [6.45, 7) is 12.7. The van der Waals surface area contributed by atoms with E-state index in [-0.39, 0.29) is 0 Å².